The molecule has 1 aromatic rings. The molecule has 0 spiro atoms. The molecule has 2 N–H and O–H groups in total. The summed E-state index contributed by atoms with van der Waals surface area (Å²) >= 11 is 0. The third-order valence-electron chi connectivity index (χ3n) is 3.66. The molecule has 0 aliphatic carbocycles. The molecular formula is C16H21NO4. The Bertz CT molecular complexity index is 539. The summed E-state index contributed by atoms with van der Waals surface area (Å²) in [6.07, 6.45) is 1.63. The number of carbonyl (C=O) groups excluding carboxylic acids is 1. The van der Waals surface area contributed by atoms with Crippen LogP contribution in [0.4, 0.5) is 0 Å². The molecule has 1 fully saturated rings. The fraction of sp³-hybridized carbons (Fsp3) is 0.500. The van der Waals surface area contributed by atoms with E-state index < -0.39 is 5.97 Å². The minimum atomic E-state index is -1.01. The lowest BCUT2D eigenvalue weighted by Crippen LogP contribution is -2.46. The van der Waals surface area contributed by atoms with Gasteiger partial charge in [-0.1, -0.05) is 18.2 Å². The number of hydrogen-bond acceptors (Lipinski definition) is 3. The maximum Gasteiger partial charge on any atom is 0.335 e. The summed E-state index contributed by atoms with van der Waals surface area (Å²) in [4.78, 5) is 23.3. The van der Waals surface area contributed by atoms with Crippen LogP contribution in [0.3, 0.4) is 0 Å². The maximum absolute atomic E-state index is 12.1. The van der Waals surface area contributed by atoms with Crippen LogP contribution in [-0.4, -0.2) is 35.2 Å². The van der Waals surface area contributed by atoms with Gasteiger partial charge in [-0.15, -0.1) is 0 Å². The van der Waals surface area contributed by atoms with E-state index in [9.17, 15) is 9.59 Å². The van der Waals surface area contributed by atoms with Gasteiger partial charge in [0.15, 0.2) is 0 Å². The zero-order chi connectivity index (χ0) is 15.5. The number of amides is 1. The molecule has 1 aliphatic heterocycles. The summed E-state index contributed by atoms with van der Waals surface area (Å²) in [6, 6.07) is 6.68. The largest absolute Gasteiger partial charge is 0.478 e. The molecule has 2 rings (SSSR count). The molecule has 1 aromatic carbocycles. The highest BCUT2D eigenvalue weighted by atomic mass is 16.5. The van der Waals surface area contributed by atoms with E-state index in [4.69, 9.17) is 9.84 Å². The molecule has 5 nitrogen and oxygen atoms in total. The normalized spacial score (nSPS) is 20.8. The topological polar surface area (TPSA) is 75.6 Å². The third-order valence-corrected chi connectivity index (χ3v) is 3.66. The predicted molar refractivity (Wildman–Crippen MR) is 78.3 cm³/mol. The number of carboxylic acids is 1. The Morgan fingerprint density at radius 1 is 1.38 bits per heavy atom. The number of ether oxygens (including phenoxy) is 1. The van der Waals surface area contributed by atoms with Gasteiger partial charge in [-0.25, -0.2) is 4.79 Å². The zero-order valence-electron chi connectivity index (χ0n) is 12.4. The first-order chi connectivity index (χ1) is 9.87. The van der Waals surface area contributed by atoms with Crippen molar-refractivity contribution in [3.63, 3.8) is 0 Å². The minimum absolute atomic E-state index is 0.0817. The van der Waals surface area contributed by atoms with Gasteiger partial charge in [-0.3, -0.25) is 4.79 Å². The van der Waals surface area contributed by atoms with E-state index in [1.165, 1.54) is 6.07 Å². The molecule has 0 saturated carbocycles. The van der Waals surface area contributed by atoms with Gasteiger partial charge in [0.2, 0.25) is 5.91 Å². The Labute approximate surface area is 124 Å². The molecule has 1 saturated heterocycles. The molecule has 0 bridgehead atoms. The Morgan fingerprint density at radius 2 is 2.10 bits per heavy atom. The monoisotopic (exact) mass is 291 g/mol. The van der Waals surface area contributed by atoms with E-state index in [2.05, 4.69) is 5.32 Å². The predicted octanol–water partition coefficient (Wildman–Crippen LogP) is 2.00. The number of rotatable bonds is 4. The number of nitrogens with one attached hydrogen (secondary N) is 1. The molecule has 21 heavy (non-hydrogen) atoms. The second kappa shape index (κ2) is 6.26. The number of carbonyl (C=O) groups is 2. The van der Waals surface area contributed by atoms with Crippen molar-refractivity contribution >= 4 is 11.9 Å². The molecule has 1 atom stereocenters. The van der Waals surface area contributed by atoms with Crippen molar-refractivity contribution in [1.29, 1.82) is 0 Å². The molecule has 1 unspecified atom stereocenters. The lowest BCUT2D eigenvalue weighted by Gasteiger charge is -2.35. The molecule has 114 valence electrons. The Morgan fingerprint density at radius 3 is 2.76 bits per heavy atom. The molecular weight excluding hydrogens is 270 g/mol. The van der Waals surface area contributed by atoms with E-state index in [0.29, 0.717) is 12.2 Å². The second-order valence-electron chi connectivity index (χ2n) is 6.00. The van der Waals surface area contributed by atoms with Crippen molar-refractivity contribution in [3.05, 3.63) is 35.4 Å². The minimum Gasteiger partial charge on any atom is -0.478 e. The van der Waals surface area contributed by atoms with Gasteiger partial charge in [0.05, 0.1) is 17.6 Å². The van der Waals surface area contributed by atoms with E-state index in [1.807, 2.05) is 13.8 Å². The molecule has 1 amide bonds. The summed E-state index contributed by atoms with van der Waals surface area (Å²) in [5.41, 5.74) is 0.489. The molecule has 1 aliphatic rings. The summed E-state index contributed by atoms with van der Waals surface area (Å²) in [6.45, 7) is 4.64. The van der Waals surface area contributed by atoms with Crippen molar-refractivity contribution in [2.75, 3.05) is 6.61 Å². The van der Waals surface area contributed by atoms with Crippen LogP contribution in [-0.2, 0) is 16.0 Å². The average molecular weight is 291 g/mol. The SMILES string of the molecule is CC1(C)CC(NC(=O)Cc2ccccc2C(=O)O)CCO1. The van der Waals surface area contributed by atoms with Crippen molar-refractivity contribution < 1.29 is 19.4 Å². The van der Waals surface area contributed by atoms with Gasteiger partial charge in [0.25, 0.3) is 0 Å². The van der Waals surface area contributed by atoms with E-state index in [-0.39, 0.29) is 29.5 Å². The summed E-state index contributed by atoms with van der Waals surface area (Å²) in [5.74, 6) is -1.16. The fourth-order valence-electron chi connectivity index (χ4n) is 2.69. The summed E-state index contributed by atoms with van der Waals surface area (Å²) in [5, 5.41) is 12.1. The average Bonchev–Trinajstić information content (AvgIpc) is 2.37. The van der Waals surface area contributed by atoms with E-state index >= 15 is 0 Å². The smallest absolute Gasteiger partial charge is 0.335 e. The number of benzene rings is 1. The van der Waals surface area contributed by atoms with Crippen LogP contribution in [0.5, 0.6) is 0 Å². The highest BCUT2D eigenvalue weighted by Gasteiger charge is 2.29. The van der Waals surface area contributed by atoms with Crippen LogP contribution in [0.15, 0.2) is 24.3 Å². The summed E-state index contributed by atoms with van der Waals surface area (Å²) < 4.78 is 5.62. The van der Waals surface area contributed by atoms with Crippen LogP contribution < -0.4 is 5.32 Å². The van der Waals surface area contributed by atoms with E-state index in [0.717, 1.165) is 12.8 Å². The zero-order valence-corrected chi connectivity index (χ0v) is 12.4. The van der Waals surface area contributed by atoms with Crippen LogP contribution in [0.2, 0.25) is 0 Å². The molecule has 5 heteroatoms. The van der Waals surface area contributed by atoms with Crippen LogP contribution in [0.1, 0.15) is 42.6 Å². The van der Waals surface area contributed by atoms with E-state index in [1.54, 1.807) is 18.2 Å². The quantitative estimate of drug-likeness (QED) is 0.889. The standard InChI is InChI=1S/C16H21NO4/c1-16(2)10-12(7-8-21-16)17-14(18)9-11-5-3-4-6-13(11)15(19)20/h3-6,12H,7-10H2,1-2H3,(H,17,18)(H,19,20). The summed E-state index contributed by atoms with van der Waals surface area (Å²) in [7, 11) is 0. The van der Waals surface area contributed by atoms with Gasteiger partial charge in [-0.2, -0.15) is 0 Å². The molecule has 0 radical (unpaired) electrons. The van der Waals surface area contributed by atoms with Crippen molar-refractivity contribution in [2.24, 2.45) is 0 Å². The first kappa shape index (κ1) is 15.5. The lowest BCUT2D eigenvalue weighted by molar-refractivity contribution is -0.123. The van der Waals surface area contributed by atoms with Crippen LogP contribution in [0.25, 0.3) is 0 Å². The highest BCUT2D eigenvalue weighted by molar-refractivity contribution is 5.91. The third kappa shape index (κ3) is 4.29. The Balaban J connectivity index is 1.98. The second-order valence-corrected chi connectivity index (χ2v) is 6.00. The number of aromatic carboxylic acids is 1. The maximum atomic E-state index is 12.1. The number of hydrogen-bond donors (Lipinski definition) is 2. The van der Waals surface area contributed by atoms with Gasteiger partial charge >= 0.3 is 5.97 Å². The molecule has 0 aromatic heterocycles. The van der Waals surface area contributed by atoms with Gasteiger partial charge in [0, 0.05) is 12.6 Å². The van der Waals surface area contributed by atoms with Crippen LogP contribution >= 0.6 is 0 Å². The van der Waals surface area contributed by atoms with Gasteiger partial charge in [-0.05, 0) is 38.3 Å². The molecule has 1 heterocycles. The van der Waals surface area contributed by atoms with Gasteiger partial charge in [0.1, 0.15) is 0 Å². The highest BCUT2D eigenvalue weighted by Crippen LogP contribution is 2.24. The Hall–Kier alpha value is -1.88. The van der Waals surface area contributed by atoms with Crippen molar-refractivity contribution in [1.82, 2.24) is 5.32 Å². The van der Waals surface area contributed by atoms with Crippen molar-refractivity contribution in [2.45, 2.75) is 44.8 Å². The number of carboxylic acid groups (broad SMARTS) is 1. The van der Waals surface area contributed by atoms with Crippen LogP contribution in [0, 0.1) is 0 Å². The first-order valence-electron chi connectivity index (χ1n) is 7.12. The first-order valence-corrected chi connectivity index (χ1v) is 7.12. The van der Waals surface area contributed by atoms with Gasteiger partial charge < -0.3 is 15.2 Å². The Kier molecular flexibility index (Phi) is 4.63. The van der Waals surface area contributed by atoms with Crippen molar-refractivity contribution in [3.8, 4) is 0 Å². The fourth-order valence-corrected chi connectivity index (χ4v) is 2.69. The lowest BCUT2D eigenvalue weighted by atomic mass is 9.93.